The fourth-order valence-electron chi connectivity index (χ4n) is 1.42. The van der Waals surface area contributed by atoms with Crippen molar-refractivity contribution in [1.29, 1.82) is 0 Å². The summed E-state index contributed by atoms with van der Waals surface area (Å²) in [5.41, 5.74) is 9.84. The Morgan fingerprint density at radius 3 is 2.56 bits per heavy atom. The van der Waals surface area contributed by atoms with Crippen molar-refractivity contribution in [3.8, 4) is 0 Å². The highest BCUT2D eigenvalue weighted by molar-refractivity contribution is 5.47. The molecule has 0 aromatic carbocycles. The van der Waals surface area contributed by atoms with Gasteiger partial charge in [-0.1, -0.05) is 0 Å². The zero-order valence-corrected chi connectivity index (χ0v) is 8.54. The van der Waals surface area contributed by atoms with E-state index in [1.807, 2.05) is 0 Å². The molecule has 6 nitrogen and oxygen atoms in total. The summed E-state index contributed by atoms with van der Waals surface area (Å²) in [6.07, 6.45) is 6.58. The van der Waals surface area contributed by atoms with E-state index in [4.69, 9.17) is 11.6 Å². The second-order valence-corrected chi connectivity index (χ2v) is 3.21. The van der Waals surface area contributed by atoms with Gasteiger partial charge in [0.05, 0.1) is 0 Å². The van der Waals surface area contributed by atoms with Gasteiger partial charge in [0.15, 0.2) is 5.82 Å². The summed E-state index contributed by atoms with van der Waals surface area (Å²) >= 11 is 0. The Morgan fingerprint density at radius 2 is 1.94 bits per heavy atom. The zero-order valence-electron chi connectivity index (χ0n) is 8.54. The van der Waals surface area contributed by atoms with Crippen LogP contribution in [0.4, 0.5) is 5.69 Å². The van der Waals surface area contributed by atoms with Gasteiger partial charge in [0.1, 0.15) is 6.04 Å². The number of nitrogen functional groups attached to an aromatic ring is 1. The lowest BCUT2D eigenvalue weighted by atomic mass is 10.1. The highest BCUT2D eigenvalue weighted by Crippen LogP contribution is 2.21. The molecule has 0 amide bonds. The third-order valence-corrected chi connectivity index (χ3v) is 2.21. The Kier molecular flexibility index (Phi) is 3.04. The third kappa shape index (κ3) is 1.97. The van der Waals surface area contributed by atoms with Gasteiger partial charge in [0, 0.05) is 36.0 Å². The largest absolute Gasteiger partial charge is 0.398 e. The summed E-state index contributed by atoms with van der Waals surface area (Å²) in [6.45, 7) is 0. The van der Waals surface area contributed by atoms with Gasteiger partial charge >= 0.3 is 0 Å². The molecule has 2 aromatic rings. The summed E-state index contributed by atoms with van der Waals surface area (Å²) in [5.74, 6) is 6.05. The molecule has 0 radical (unpaired) electrons. The molecule has 2 heterocycles. The molecule has 0 saturated heterocycles. The van der Waals surface area contributed by atoms with E-state index in [2.05, 4.69) is 20.4 Å². The molecular weight excluding hydrogens is 204 g/mol. The Hall–Kier alpha value is -2.05. The van der Waals surface area contributed by atoms with Crippen LogP contribution in [-0.4, -0.2) is 15.0 Å². The number of nitrogens with zero attached hydrogens (tertiary/aromatic N) is 3. The van der Waals surface area contributed by atoms with Crippen LogP contribution >= 0.6 is 0 Å². The maximum absolute atomic E-state index is 5.84. The van der Waals surface area contributed by atoms with Gasteiger partial charge in [-0.2, -0.15) is 0 Å². The number of pyridine rings is 1. The van der Waals surface area contributed by atoms with Crippen molar-refractivity contribution in [2.45, 2.75) is 6.04 Å². The van der Waals surface area contributed by atoms with Crippen molar-refractivity contribution in [2.24, 2.45) is 5.84 Å². The van der Waals surface area contributed by atoms with Gasteiger partial charge in [0.25, 0.3) is 0 Å². The molecule has 16 heavy (non-hydrogen) atoms. The van der Waals surface area contributed by atoms with E-state index in [9.17, 15) is 0 Å². The Morgan fingerprint density at radius 1 is 1.19 bits per heavy atom. The standard InChI is InChI=1S/C10H12N6/c11-8-2-5-13-6-7(8)9(16-12)10-14-3-1-4-15-10/h1-6,9,16H,12H2,(H2,11,13). The molecule has 0 saturated carbocycles. The molecule has 6 heteroatoms. The van der Waals surface area contributed by atoms with Gasteiger partial charge in [-0.3, -0.25) is 10.8 Å². The second kappa shape index (κ2) is 4.65. The topological polar surface area (TPSA) is 103 Å². The molecule has 0 aliphatic rings. The Bertz CT molecular complexity index is 458. The normalized spacial score (nSPS) is 12.3. The quantitative estimate of drug-likeness (QED) is 0.493. The van der Waals surface area contributed by atoms with Crippen molar-refractivity contribution in [3.05, 3.63) is 48.3 Å². The van der Waals surface area contributed by atoms with Crippen molar-refractivity contribution in [2.75, 3.05) is 5.73 Å². The Labute approximate surface area is 92.7 Å². The molecule has 0 spiro atoms. The fraction of sp³-hybridized carbons (Fsp3) is 0.100. The zero-order chi connectivity index (χ0) is 11.4. The van der Waals surface area contributed by atoms with Gasteiger partial charge in [-0.15, -0.1) is 0 Å². The number of nitrogens with two attached hydrogens (primary N) is 2. The average molecular weight is 216 g/mol. The van der Waals surface area contributed by atoms with Crippen LogP contribution in [0.2, 0.25) is 0 Å². The van der Waals surface area contributed by atoms with E-state index in [0.717, 1.165) is 5.56 Å². The maximum atomic E-state index is 5.84. The second-order valence-electron chi connectivity index (χ2n) is 3.21. The van der Waals surface area contributed by atoms with Gasteiger partial charge in [-0.05, 0) is 12.1 Å². The lowest BCUT2D eigenvalue weighted by Crippen LogP contribution is -2.30. The van der Waals surface area contributed by atoms with Crippen LogP contribution in [0.15, 0.2) is 36.9 Å². The first-order valence-electron chi connectivity index (χ1n) is 4.75. The van der Waals surface area contributed by atoms with Crippen LogP contribution in [-0.2, 0) is 0 Å². The summed E-state index contributed by atoms with van der Waals surface area (Å²) in [4.78, 5) is 12.3. The molecule has 82 valence electrons. The minimum absolute atomic E-state index is 0.352. The molecule has 0 fully saturated rings. The summed E-state index contributed by atoms with van der Waals surface area (Å²) < 4.78 is 0. The number of hydrogen-bond donors (Lipinski definition) is 3. The summed E-state index contributed by atoms with van der Waals surface area (Å²) in [7, 11) is 0. The van der Waals surface area contributed by atoms with Crippen LogP contribution in [0.5, 0.6) is 0 Å². The molecule has 1 unspecified atom stereocenters. The van der Waals surface area contributed by atoms with E-state index >= 15 is 0 Å². The SMILES string of the molecule is NNC(c1ncccn1)c1cnccc1N. The summed E-state index contributed by atoms with van der Waals surface area (Å²) in [6, 6.07) is 3.10. The van der Waals surface area contributed by atoms with Crippen LogP contribution in [0.3, 0.4) is 0 Å². The smallest absolute Gasteiger partial charge is 0.151 e. The highest BCUT2D eigenvalue weighted by Gasteiger charge is 2.17. The van der Waals surface area contributed by atoms with Crippen molar-refractivity contribution >= 4 is 5.69 Å². The lowest BCUT2D eigenvalue weighted by Gasteiger charge is -2.15. The Balaban J connectivity index is 2.41. The first kappa shape index (κ1) is 10.5. The van der Waals surface area contributed by atoms with Crippen LogP contribution in [0.25, 0.3) is 0 Å². The third-order valence-electron chi connectivity index (χ3n) is 2.21. The molecule has 0 bridgehead atoms. The predicted molar refractivity (Wildman–Crippen MR) is 59.8 cm³/mol. The molecule has 2 rings (SSSR count). The van der Waals surface area contributed by atoms with E-state index in [0.29, 0.717) is 11.5 Å². The van der Waals surface area contributed by atoms with Gasteiger partial charge in [0.2, 0.25) is 0 Å². The molecule has 1 atom stereocenters. The minimum Gasteiger partial charge on any atom is -0.398 e. The van der Waals surface area contributed by atoms with E-state index in [-0.39, 0.29) is 6.04 Å². The number of anilines is 1. The van der Waals surface area contributed by atoms with Crippen LogP contribution < -0.4 is 17.0 Å². The number of hydrogen-bond acceptors (Lipinski definition) is 6. The molecule has 5 N–H and O–H groups in total. The fourth-order valence-corrected chi connectivity index (χ4v) is 1.42. The highest BCUT2D eigenvalue weighted by atomic mass is 15.2. The van der Waals surface area contributed by atoms with Crippen LogP contribution in [0.1, 0.15) is 17.4 Å². The average Bonchev–Trinajstić information content (AvgIpc) is 2.34. The van der Waals surface area contributed by atoms with E-state index < -0.39 is 0 Å². The monoisotopic (exact) mass is 216 g/mol. The van der Waals surface area contributed by atoms with E-state index in [1.165, 1.54) is 0 Å². The minimum atomic E-state index is -0.352. The van der Waals surface area contributed by atoms with Crippen molar-refractivity contribution in [3.63, 3.8) is 0 Å². The lowest BCUT2D eigenvalue weighted by molar-refractivity contribution is 0.601. The van der Waals surface area contributed by atoms with Crippen molar-refractivity contribution < 1.29 is 0 Å². The number of rotatable bonds is 3. The van der Waals surface area contributed by atoms with E-state index in [1.54, 1.807) is 36.9 Å². The molecule has 0 aliphatic carbocycles. The number of hydrazine groups is 1. The van der Waals surface area contributed by atoms with Crippen LogP contribution in [0, 0.1) is 0 Å². The number of aromatic nitrogens is 3. The maximum Gasteiger partial charge on any atom is 0.151 e. The van der Waals surface area contributed by atoms with Crippen molar-refractivity contribution in [1.82, 2.24) is 20.4 Å². The first-order valence-corrected chi connectivity index (χ1v) is 4.75. The molecule has 0 aliphatic heterocycles. The first-order chi connectivity index (χ1) is 7.83. The van der Waals surface area contributed by atoms with Gasteiger partial charge < -0.3 is 5.73 Å². The summed E-state index contributed by atoms with van der Waals surface area (Å²) in [5, 5.41) is 0. The molecule has 2 aromatic heterocycles. The number of nitrogens with one attached hydrogen (secondary N) is 1. The van der Waals surface area contributed by atoms with Gasteiger partial charge in [-0.25, -0.2) is 15.4 Å². The molecular formula is C10H12N6. The predicted octanol–water partition coefficient (Wildman–Crippen LogP) is 0.00650.